The van der Waals surface area contributed by atoms with Crippen LogP contribution in [0.2, 0.25) is 0 Å². The molecule has 6 heterocycles. The lowest BCUT2D eigenvalue weighted by Crippen LogP contribution is -2.13. The largest absolute Gasteiger partial charge is 0.477 e. The molecule has 1 atom stereocenters. The standard InChI is InChI=1S/C25H27N9O2/c1-15-8-10-35-25-18(13-28-33(25)4)24-26-9-7-21(30-24)29-22-11-19-17(12-27-22)23(31-34(15)19)20-6-5-16(36-20)14-32(2)3/h5-7,9,11-13,15H,8,10,14H2,1-4H3,(H,26,27,29,30)/t15-/m0/s1. The number of ether oxygens (including phenoxy) is 1. The summed E-state index contributed by atoms with van der Waals surface area (Å²) < 4.78 is 16.0. The molecule has 5 aromatic rings. The third-order valence-corrected chi connectivity index (χ3v) is 6.19. The molecule has 0 saturated heterocycles. The third-order valence-electron chi connectivity index (χ3n) is 6.19. The second-order valence-electron chi connectivity index (χ2n) is 9.25. The van der Waals surface area contributed by atoms with Gasteiger partial charge in [0.05, 0.1) is 30.9 Å². The third kappa shape index (κ3) is 3.97. The molecule has 0 aromatic carbocycles. The number of aryl methyl sites for hydroxylation is 1. The van der Waals surface area contributed by atoms with Crippen LogP contribution < -0.4 is 10.1 Å². The van der Waals surface area contributed by atoms with Crippen molar-refractivity contribution < 1.29 is 9.15 Å². The highest BCUT2D eigenvalue weighted by molar-refractivity contribution is 5.93. The number of pyridine rings is 1. The van der Waals surface area contributed by atoms with Crippen molar-refractivity contribution in [3.8, 4) is 28.7 Å². The molecule has 0 fully saturated rings. The van der Waals surface area contributed by atoms with E-state index in [1.807, 2.05) is 50.2 Å². The fraction of sp³-hybridized carbons (Fsp3) is 0.320. The predicted octanol–water partition coefficient (Wildman–Crippen LogP) is 4.03. The maximum Gasteiger partial charge on any atom is 0.222 e. The summed E-state index contributed by atoms with van der Waals surface area (Å²) in [6, 6.07) is 7.82. The summed E-state index contributed by atoms with van der Waals surface area (Å²) in [5.74, 6) is 4.06. The van der Waals surface area contributed by atoms with E-state index in [0.717, 1.165) is 46.6 Å². The molecule has 0 unspecified atom stereocenters. The van der Waals surface area contributed by atoms with Gasteiger partial charge in [-0.1, -0.05) is 0 Å². The highest BCUT2D eigenvalue weighted by Crippen LogP contribution is 2.34. The van der Waals surface area contributed by atoms with Crippen LogP contribution in [-0.2, 0) is 13.6 Å². The predicted molar refractivity (Wildman–Crippen MR) is 135 cm³/mol. The molecule has 1 aliphatic rings. The molecule has 4 bridgehead atoms. The summed E-state index contributed by atoms with van der Waals surface area (Å²) in [5.41, 5.74) is 2.46. The smallest absolute Gasteiger partial charge is 0.222 e. The van der Waals surface area contributed by atoms with Gasteiger partial charge in [0, 0.05) is 37.3 Å². The number of aromatic nitrogens is 7. The van der Waals surface area contributed by atoms with Crippen LogP contribution in [0.15, 0.2) is 47.3 Å². The maximum atomic E-state index is 6.18. The van der Waals surface area contributed by atoms with Gasteiger partial charge in [0.2, 0.25) is 5.88 Å². The number of anilines is 2. The van der Waals surface area contributed by atoms with Crippen molar-refractivity contribution in [3.63, 3.8) is 0 Å². The van der Waals surface area contributed by atoms with Gasteiger partial charge in [-0.2, -0.15) is 10.2 Å². The number of hydrogen-bond donors (Lipinski definition) is 1. The van der Waals surface area contributed by atoms with E-state index in [1.54, 1.807) is 23.1 Å². The molecule has 11 heteroatoms. The first-order chi connectivity index (χ1) is 17.5. The highest BCUT2D eigenvalue weighted by Gasteiger charge is 2.22. The minimum absolute atomic E-state index is 0.0569. The zero-order valence-electron chi connectivity index (χ0n) is 20.6. The summed E-state index contributed by atoms with van der Waals surface area (Å²) in [5, 5.41) is 13.6. The number of furan rings is 1. The molecule has 184 valence electrons. The summed E-state index contributed by atoms with van der Waals surface area (Å²) in [4.78, 5) is 15.8. The summed E-state index contributed by atoms with van der Waals surface area (Å²) in [7, 11) is 5.88. The fourth-order valence-electron chi connectivity index (χ4n) is 4.41. The number of rotatable bonds is 3. The van der Waals surface area contributed by atoms with Gasteiger partial charge in [-0.3, -0.25) is 4.68 Å². The van der Waals surface area contributed by atoms with Crippen LogP contribution in [-0.4, -0.2) is 60.1 Å². The molecule has 6 rings (SSSR count). The Kier molecular flexibility index (Phi) is 5.41. The molecule has 0 saturated carbocycles. The highest BCUT2D eigenvalue weighted by atomic mass is 16.5. The van der Waals surface area contributed by atoms with Gasteiger partial charge in [0.25, 0.3) is 0 Å². The van der Waals surface area contributed by atoms with Crippen molar-refractivity contribution in [3.05, 3.63) is 48.6 Å². The van der Waals surface area contributed by atoms with Gasteiger partial charge >= 0.3 is 0 Å². The molecule has 0 amide bonds. The Morgan fingerprint density at radius 1 is 1.14 bits per heavy atom. The molecular weight excluding hydrogens is 458 g/mol. The Hall–Kier alpha value is -4.25. The van der Waals surface area contributed by atoms with E-state index in [2.05, 4.69) is 37.2 Å². The van der Waals surface area contributed by atoms with Gasteiger partial charge < -0.3 is 19.4 Å². The molecule has 0 spiro atoms. The minimum atomic E-state index is 0.0569. The van der Waals surface area contributed by atoms with Crippen LogP contribution in [0.1, 0.15) is 25.1 Å². The second-order valence-corrected chi connectivity index (χ2v) is 9.25. The molecule has 0 radical (unpaired) electrons. The Balaban J connectivity index is 1.45. The van der Waals surface area contributed by atoms with Crippen molar-refractivity contribution in [1.29, 1.82) is 0 Å². The van der Waals surface area contributed by atoms with E-state index < -0.39 is 0 Å². The van der Waals surface area contributed by atoms with E-state index in [9.17, 15) is 0 Å². The summed E-state index contributed by atoms with van der Waals surface area (Å²) in [6.07, 6.45) is 6.00. The molecule has 36 heavy (non-hydrogen) atoms. The number of hydrogen-bond acceptors (Lipinski definition) is 9. The molecular formula is C25H27N9O2. The Morgan fingerprint density at radius 3 is 2.89 bits per heavy atom. The van der Waals surface area contributed by atoms with Gasteiger partial charge in [-0.05, 0) is 39.2 Å². The van der Waals surface area contributed by atoms with E-state index >= 15 is 0 Å². The van der Waals surface area contributed by atoms with Crippen molar-refractivity contribution in [1.82, 2.24) is 39.4 Å². The maximum absolute atomic E-state index is 6.18. The zero-order valence-corrected chi connectivity index (χ0v) is 20.6. The lowest BCUT2D eigenvalue weighted by atomic mass is 10.2. The van der Waals surface area contributed by atoms with E-state index in [-0.39, 0.29) is 6.04 Å². The van der Waals surface area contributed by atoms with Crippen molar-refractivity contribution in [2.24, 2.45) is 7.05 Å². The first kappa shape index (κ1) is 22.2. The Morgan fingerprint density at radius 2 is 2.03 bits per heavy atom. The molecule has 11 nitrogen and oxygen atoms in total. The van der Waals surface area contributed by atoms with E-state index in [0.29, 0.717) is 29.9 Å². The quantitative estimate of drug-likeness (QED) is 0.405. The molecule has 5 aromatic heterocycles. The van der Waals surface area contributed by atoms with Gasteiger partial charge in [-0.25, -0.2) is 19.6 Å². The zero-order chi connectivity index (χ0) is 24.8. The Bertz CT molecular complexity index is 1550. The van der Waals surface area contributed by atoms with Crippen LogP contribution in [0.4, 0.5) is 11.6 Å². The normalized spacial score (nSPS) is 15.5. The van der Waals surface area contributed by atoms with Crippen LogP contribution in [0.3, 0.4) is 0 Å². The Labute approximate surface area is 207 Å². The topological polar surface area (TPSA) is 112 Å². The van der Waals surface area contributed by atoms with Gasteiger partial charge in [-0.15, -0.1) is 0 Å². The van der Waals surface area contributed by atoms with Gasteiger partial charge in [0.1, 0.15) is 28.7 Å². The van der Waals surface area contributed by atoms with Crippen molar-refractivity contribution >= 4 is 22.5 Å². The first-order valence-corrected chi connectivity index (χ1v) is 11.8. The molecule has 0 aliphatic carbocycles. The van der Waals surface area contributed by atoms with E-state index in [4.69, 9.17) is 14.3 Å². The molecule has 1 aliphatic heterocycles. The lowest BCUT2D eigenvalue weighted by molar-refractivity contribution is 0.260. The van der Waals surface area contributed by atoms with Crippen molar-refractivity contribution in [2.45, 2.75) is 25.9 Å². The second kappa shape index (κ2) is 8.76. The van der Waals surface area contributed by atoms with Crippen LogP contribution >= 0.6 is 0 Å². The SMILES string of the molecule is C[C@H]1CCOc2c(cnn2C)-c2nccc(n2)Nc2cc3c(cn2)c(-c2ccc(CN(C)C)o2)nn31. The number of fused-ring (bicyclic) bond motifs is 5. The van der Waals surface area contributed by atoms with Crippen LogP contribution in [0, 0.1) is 0 Å². The number of nitrogens with zero attached hydrogens (tertiary/aromatic N) is 8. The number of nitrogens with one attached hydrogen (secondary N) is 1. The summed E-state index contributed by atoms with van der Waals surface area (Å²) in [6.45, 7) is 3.33. The van der Waals surface area contributed by atoms with Gasteiger partial charge in [0.15, 0.2) is 11.6 Å². The monoisotopic (exact) mass is 485 g/mol. The summed E-state index contributed by atoms with van der Waals surface area (Å²) >= 11 is 0. The van der Waals surface area contributed by atoms with E-state index in [1.165, 1.54) is 0 Å². The van der Waals surface area contributed by atoms with Crippen LogP contribution in [0.5, 0.6) is 5.88 Å². The average molecular weight is 486 g/mol. The minimum Gasteiger partial charge on any atom is -0.477 e. The van der Waals surface area contributed by atoms with Crippen LogP contribution in [0.25, 0.3) is 33.7 Å². The average Bonchev–Trinajstić information content (AvgIpc) is 3.55. The lowest BCUT2D eigenvalue weighted by Gasteiger charge is -2.16. The van der Waals surface area contributed by atoms with Crippen molar-refractivity contribution in [2.75, 3.05) is 26.0 Å². The fourth-order valence-corrected chi connectivity index (χ4v) is 4.41. The first-order valence-electron chi connectivity index (χ1n) is 11.8. The molecule has 1 N–H and O–H groups in total.